The molecule has 0 saturated carbocycles. The average Bonchev–Trinajstić information content (AvgIpc) is 2.27. The van der Waals surface area contributed by atoms with Gasteiger partial charge >= 0.3 is 0 Å². The SMILES string of the molecule is CCc1cnc(NCC(C)(C)NC)nc1. The van der Waals surface area contributed by atoms with Crippen molar-refractivity contribution in [1.82, 2.24) is 15.3 Å². The van der Waals surface area contributed by atoms with Crippen LogP contribution in [0.2, 0.25) is 0 Å². The Hall–Kier alpha value is -1.16. The third kappa shape index (κ3) is 3.83. The van der Waals surface area contributed by atoms with Gasteiger partial charge in [-0.05, 0) is 32.9 Å². The van der Waals surface area contributed by atoms with E-state index in [4.69, 9.17) is 0 Å². The van der Waals surface area contributed by atoms with Crippen LogP contribution in [0.1, 0.15) is 26.3 Å². The van der Waals surface area contributed by atoms with Crippen LogP contribution in [0.3, 0.4) is 0 Å². The molecule has 0 saturated heterocycles. The Bertz CT molecular complexity index is 292. The minimum Gasteiger partial charge on any atom is -0.352 e. The Labute approximate surface area is 91.5 Å². The summed E-state index contributed by atoms with van der Waals surface area (Å²) >= 11 is 0. The highest BCUT2D eigenvalue weighted by Gasteiger charge is 2.14. The van der Waals surface area contributed by atoms with Gasteiger partial charge < -0.3 is 10.6 Å². The van der Waals surface area contributed by atoms with E-state index in [-0.39, 0.29) is 5.54 Å². The fourth-order valence-electron chi connectivity index (χ4n) is 1.02. The lowest BCUT2D eigenvalue weighted by atomic mass is 10.1. The van der Waals surface area contributed by atoms with Gasteiger partial charge in [0.05, 0.1) is 0 Å². The monoisotopic (exact) mass is 208 g/mol. The first-order valence-corrected chi connectivity index (χ1v) is 5.31. The number of hydrogen-bond donors (Lipinski definition) is 2. The van der Waals surface area contributed by atoms with E-state index < -0.39 is 0 Å². The Morgan fingerprint density at radius 3 is 2.33 bits per heavy atom. The Morgan fingerprint density at radius 1 is 1.27 bits per heavy atom. The van der Waals surface area contributed by atoms with Crippen LogP contribution in [0.5, 0.6) is 0 Å². The second-order valence-corrected chi connectivity index (χ2v) is 4.26. The normalized spacial score (nSPS) is 11.5. The van der Waals surface area contributed by atoms with Crippen LogP contribution < -0.4 is 10.6 Å². The molecule has 0 unspecified atom stereocenters. The molecule has 0 aromatic carbocycles. The van der Waals surface area contributed by atoms with Crippen LogP contribution in [-0.2, 0) is 6.42 Å². The summed E-state index contributed by atoms with van der Waals surface area (Å²) in [5.74, 6) is 0.690. The van der Waals surface area contributed by atoms with Crippen LogP contribution in [0.15, 0.2) is 12.4 Å². The topological polar surface area (TPSA) is 49.8 Å². The number of hydrogen-bond acceptors (Lipinski definition) is 4. The minimum atomic E-state index is 0.0484. The predicted molar refractivity (Wildman–Crippen MR) is 63.0 cm³/mol. The molecule has 15 heavy (non-hydrogen) atoms. The molecule has 0 fully saturated rings. The van der Waals surface area contributed by atoms with E-state index in [0.717, 1.165) is 18.5 Å². The lowest BCUT2D eigenvalue weighted by Crippen LogP contribution is -2.43. The summed E-state index contributed by atoms with van der Waals surface area (Å²) in [4.78, 5) is 8.47. The molecule has 0 spiro atoms. The Morgan fingerprint density at radius 2 is 1.87 bits per heavy atom. The summed E-state index contributed by atoms with van der Waals surface area (Å²) in [5.41, 5.74) is 1.21. The van der Waals surface area contributed by atoms with Crippen molar-refractivity contribution < 1.29 is 0 Å². The van der Waals surface area contributed by atoms with Gasteiger partial charge in [-0.15, -0.1) is 0 Å². The highest BCUT2D eigenvalue weighted by molar-refractivity contribution is 5.25. The third-order valence-electron chi connectivity index (χ3n) is 2.48. The summed E-state index contributed by atoms with van der Waals surface area (Å²) in [5, 5.41) is 6.42. The Balaban J connectivity index is 2.51. The number of nitrogens with one attached hydrogen (secondary N) is 2. The summed E-state index contributed by atoms with van der Waals surface area (Å²) in [6, 6.07) is 0. The maximum absolute atomic E-state index is 4.24. The van der Waals surface area contributed by atoms with Crippen LogP contribution in [0.4, 0.5) is 5.95 Å². The zero-order valence-corrected chi connectivity index (χ0v) is 9.96. The van der Waals surface area contributed by atoms with Gasteiger partial charge in [0.25, 0.3) is 0 Å². The van der Waals surface area contributed by atoms with Crippen molar-refractivity contribution >= 4 is 5.95 Å². The van der Waals surface area contributed by atoms with Gasteiger partial charge in [0.1, 0.15) is 0 Å². The average molecular weight is 208 g/mol. The highest BCUT2D eigenvalue weighted by Crippen LogP contribution is 2.04. The molecule has 1 heterocycles. The first-order valence-electron chi connectivity index (χ1n) is 5.31. The lowest BCUT2D eigenvalue weighted by Gasteiger charge is -2.24. The zero-order valence-electron chi connectivity index (χ0n) is 9.96. The summed E-state index contributed by atoms with van der Waals surface area (Å²) in [6.45, 7) is 7.14. The maximum Gasteiger partial charge on any atom is 0.222 e. The second-order valence-electron chi connectivity index (χ2n) is 4.26. The van der Waals surface area contributed by atoms with E-state index in [2.05, 4.69) is 41.4 Å². The van der Waals surface area contributed by atoms with Crippen molar-refractivity contribution in [2.75, 3.05) is 18.9 Å². The van der Waals surface area contributed by atoms with E-state index in [1.54, 1.807) is 0 Å². The third-order valence-corrected chi connectivity index (χ3v) is 2.48. The van der Waals surface area contributed by atoms with E-state index in [9.17, 15) is 0 Å². The van der Waals surface area contributed by atoms with Crippen LogP contribution in [0.25, 0.3) is 0 Å². The molecule has 0 aliphatic heterocycles. The quantitative estimate of drug-likeness (QED) is 0.769. The molecular weight excluding hydrogens is 188 g/mol. The van der Waals surface area contributed by atoms with Crippen molar-refractivity contribution in [1.29, 1.82) is 0 Å². The van der Waals surface area contributed by atoms with Gasteiger partial charge in [0.2, 0.25) is 5.95 Å². The van der Waals surface area contributed by atoms with Gasteiger partial charge in [-0.1, -0.05) is 6.92 Å². The summed E-state index contributed by atoms with van der Waals surface area (Å²) in [7, 11) is 1.95. The molecule has 4 heteroatoms. The van der Waals surface area contributed by atoms with E-state index in [0.29, 0.717) is 5.95 Å². The molecule has 0 amide bonds. The number of nitrogens with zero attached hydrogens (tertiary/aromatic N) is 2. The number of likely N-dealkylation sites (N-methyl/N-ethyl adjacent to an activating group) is 1. The van der Waals surface area contributed by atoms with Crippen LogP contribution >= 0.6 is 0 Å². The molecule has 0 bridgehead atoms. The maximum atomic E-state index is 4.24. The van der Waals surface area contributed by atoms with Crippen molar-refractivity contribution in [3.8, 4) is 0 Å². The van der Waals surface area contributed by atoms with Crippen LogP contribution in [-0.4, -0.2) is 29.1 Å². The van der Waals surface area contributed by atoms with E-state index in [1.807, 2.05) is 19.4 Å². The van der Waals surface area contributed by atoms with Gasteiger partial charge in [0, 0.05) is 24.5 Å². The van der Waals surface area contributed by atoms with Crippen molar-refractivity contribution in [2.24, 2.45) is 0 Å². The summed E-state index contributed by atoms with van der Waals surface area (Å²) in [6.07, 6.45) is 4.70. The minimum absolute atomic E-state index is 0.0484. The second kappa shape index (κ2) is 5.07. The van der Waals surface area contributed by atoms with Gasteiger partial charge in [-0.25, -0.2) is 9.97 Å². The molecule has 1 aromatic rings. The fraction of sp³-hybridized carbons (Fsp3) is 0.636. The van der Waals surface area contributed by atoms with E-state index in [1.165, 1.54) is 0 Å². The molecule has 84 valence electrons. The molecule has 0 atom stereocenters. The van der Waals surface area contributed by atoms with Gasteiger partial charge in [-0.2, -0.15) is 0 Å². The molecule has 1 rings (SSSR count). The number of rotatable bonds is 5. The molecule has 0 aliphatic carbocycles. The first-order chi connectivity index (χ1) is 7.07. The van der Waals surface area contributed by atoms with Gasteiger partial charge in [-0.3, -0.25) is 0 Å². The molecule has 2 N–H and O–H groups in total. The molecule has 1 aromatic heterocycles. The Kier molecular flexibility index (Phi) is 4.03. The molecule has 4 nitrogen and oxygen atoms in total. The summed E-state index contributed by atoms with van der Waals surface area (Å²) < 4.78 is 0. The number of anilines is 1. The fourth-order valence-corrected chi connectivity index (χ4v) is 1.02. The smallest absolute Gasteiger partial charge is 0.222 e. The molecule has 0 aliphatic rings. The number of aryl methyl sites for hydroxylation is 1. The molecule has 0 radical (unpaired) electrons. The predicted octanol–water partition coefficient (Wildman–Crippen LogP) is 1.45. The first kappa shape index (κ1) is 11.9. The van der Waals surface area contributed by atoms with E-state index >= 15 is 0 Å². The number of aromatic nitrogens is 2. The standard InChI is InChI=1S/C11H20N4/c1-5-9-6-13-10(14-7-9)15-8-11(2,3)12-4/h6-7,12H,5,8H2,1-4H3,(H,13,14,15). The largest absolute Gasteiger partial charge is 0.352 e. The lowest BCUT2D eigenvalue weighted by molar-refractivity contribution is 0.447. The van der Waals surface area contributed by atoms with Crippen molar-refractivity contribution in [2.45, 2.75) is 32.7 Å². The van der Waals surface area contributed by atoms with Crippen molar-refractivity contribution in [3.05, 3.63) is 18.0 Å². The zero-order chi connectivity index (χ0) is 11.3. The van der Waals surface area contributed by atoms with Crippen molar-refractivity contribution in [3.63, 3.8) is 0 Å². The van der Waals surface area contributed by atoms with Gasteiger partial charge in [0.15, 0.2) is 0 Å². The highest BCUT2D eigenvalue weighted by atomic mass is 15.1. The molecular formula is C11H20N4. The van der Waals surface area contributed by atoms with Crippen LogP contribution in [0, 0.1) is 0 Å².